The van der Waals surface area contributed by atoms with Gasteiger partial charge in [-0.25, -0.2) is 0 Å². The smallest absolute Gasteiger partial charge is 0.119 e. The molecule has 29 heavy (non-hydrogen) atoms. The molecular weight excluding hydrogens is 358 g/mol. The van der Waals surface area contributed by atoms with E-state index in [9.17, 15) is 0 Å². The fourth-order valence-corrected chi connectivity index (χ4v) is 3.33. The maximum atomic E-state index is 8.91. The largest absolute Gasteiger partial charge is 0.492 e. The monoisotopic (exact) mass is 395 g/mol. The Morgan fingerprint density at radius 1 is 1.00 bits per heavy atom. The number of benzene rings is 2. The zero-order chi connectivity index (χ0) is 20.9. The minimum absolute atomic E-state index is 0.0359. The molecule has 0 heterocycles. The Morgan fingerprint density at radius 2 is 1.66 bits per heavy atom. The number of hydrogen-bond donors (Lipinski definition) is 1. The van der Waals surface area contributed by atoms with Crippen molar-refractivity contribution in [2.24, 2.45) is 0 Å². The molecule has 1 N–H and O–H groups in total. The van der Waals surface area contributed by atoms with E-state index in [0.29, 0.717) is 6.61 Å². The van der Waals surface area contributed by atoms with Gasteiger partial charge in [-0.05, 0) is 62.2 Å². The lowest BCUT2D eigenvalue weighted by atomic mass is 9.98. The second kappa shape index (κ2) is 13.2. The second-order valence-electron chi connectivity index (χ2n) is 7.90. The molecule has 0 unspecified atom stereocenters. The number of ether oxygens (including phenoxy) is 1. The molecule has 0 amide bonds. The molecule has 1 fully saturated rings. The number of rotatable bonds is 7. The highest BCUT2D eigenvalue weighted by molar-refractivity contribution is 5.81. The van der Waals surface area contributed by atoms with Gasteiger partial charge in [0, 0.05) is 6.54 Å². The molecule has 1 aliphatic carbocycles. The third-order valence-corrected chi connectivity index (χ3v) is 5.13. The number of hydrogen-bond acceptors (Lipinski definition) is 3. The SMILES string of the molecule is CC/C(=C/c1ccc(OCCN(C)C)cc1)c1ccccc1.OC1CCCCC1. The number of aliphatic hydroxyl groups is 1. The highest BCUT2D eigenvalue weighted by atomic mass is 16.5. The molecule has 2 aromatic carbocycles. The van der Waals surface area contributed by atoms with Crippen molar-refractivity contribution in [3.05, 3.63) is 65.7 Å². The maximum absolute atomic E-state index is 8.91. The fourth-order valence-electron chi connectivity index (χ4n) is 3.33. The second-order valence-corrected chi connectivity index (χ2v) is 7.90. The first-order valence-corrected chi connectivity index (χ1v) is 10.9. The summed E-state index contributed by atoms with van der Waals surface area (Å²) in [6.45, 7) is 3.83. The van der Waals surface area contributed by atoms with E-state index in [1.165, 1.54) is 36.0 Å². The van der Waals surface area contributed by atoms with Crippen LogP contribution in [0.3, 0.4) is 0 Å². The Bertz CT molecular complexity index is 701. The Morgan fingerprint density at radius 3 is 2.17 bits per heavy atom. The first kappa shape index (κ1) is 23.2. The maximum Gasteiger partial charge on any atom is 0.119 e. The van der Waals surface area contributed by atoms with Crippen LogP contribution in [0.4, 0.5) is 0 Å². The zero-order valence-electron chi connectivity index (χ0n) is 18.3. The van der Waals surface area contributed by atoms with Gasteiger partial charge in [0.1, 0.15) is 12.4 Å². The molecule has 0 bridgehead atoms. The summed E-state index contributed by atoms with van der Waals surface area (Å²) in [7, 11) is 4.10. The van der Waals surface area contributed by atoms with Crippen molar-refractivity contribution in [2.75, 3.05) is 27.2 Å². The molecule has 0 aromatic heterocycles. The van der Waals surface area contributed by atoms with Gasteiger partial charge in [-0.2, -0.15) is 0 Å². The molecule has 1 aliphatic rings. The Hall–Kier alpha value is -2.10. The van der Waals surface area contributed by atoms with E-state index >= 15 is 0 Å². The van der Waals surface area contributed by atoms with Gasteiger partial charge in [0.2, 0.25) is 0 Å². The van der Waals surface area contributed by atoms with Crippen molar-refractivity contribution in [2.45, 2.75) is 51.6 Å². The average Bonchev–Trinajstić information content (AvgIpc) is 2.74. The van der Waals surface area contributed by atoms with Crippen LogP contribution < -0.4 is 4.74 Å². The quantitative estimate of drug-likeness (QED) is 0.593. The Labute approximate surface area is 177 Å². The predicted octanol–water partition coefficient (Wildman–Crippen LogP) is 5.89. The van der Waals surface area contributed by atoms with Crippen molar-refractivity contribution in [1.29, 1.82) is 0 Å². The average molecular weight is 396 g/mol. The molecule has 0 aliphatic heterocycles. The van der Waals surface area contributed by atoms with Gasteiger partial charge in [-0.3, -0.25) is 0 Å². The van der Waals surface area contributed by atoms with E-state index in [1.54, 1.807) is 0 Å². The van der Waals surface area contributed by atoms with Gasteiger partial charge < -0.3 is 14.7 Å². The summed E-state index contributed by atoms with van der Waals surface area (Å²) in [5, 5.41) is 8.91. The molecule has 3 rings (SSSR count). The molecule has 2 aromatic rings. The van der Waals surface area contributed by atoms with Crippen LogP contribution in [-0.4, -0.2) is 43.4 Å². The molecule has 0 spiro atoms. The molecular formula is C26H37NO2. The van der Waals surface area contributed by atoms with Crippen LogP contribution in [-0.2, 0) is 0 Å². The summed E-state index contributed by atoms with van der Waals surface area (Å²) < 4.78 is 5.73. The van der Waals surface area contributed by atoms with Crippen LogP contribution in [0.2, 0.25) is 0 Å². The van der Waals surface area contributed by atoms with E-state index in [0.717, 1.165) is 31.6 Å². The lowest BCUT2D eigenvalue weighted by Crippen LogP contribution is -2.19. The molecule has 0 radical (unpaired) electrons. The Balaban J connectivity index is 0.000000360. The normalized spacial score (nSPS) is 15.0. The van der Waals surface area contributed by atoms with E-state index in [4.69, 9.17) is 9.84 Å². The van der Waals surface area contributed by atoms with E-state index in [-0.39, 0.29) is 6.10 Å². The highest BCUT2D eigenvalue weighted by Gasteiger charge is 2.07. The molecule has 0 saturated heterocycles. The van der Waals surface area contributed by atoms with Crippen molar-refractivity contribution in [1.82, 2.24) is 4.90 Å². The van der Waals surface area contributed by atoms with Crippen LogP contribution in [0.25, 0.3) is 11.6 Å². The number of nitrogens with zero attached hydrogens (tertiary/aromatic N) is 1. The summed E-state index contributed by atoms with van der Waals surface area (Å²) in [6, 6.07) is 18.9. The number of allylic oxidation sites excluding steroid dienone is 1. The summed E-state index contributed by atoms with van der Waals surface area (Å²) >= 11 is 0. The van der Waals surface area contributed by atoms with Crippen molar-refractivity contribution in [3.63, 3.8) is 0 Å². The first-order chi connectivity index (χ1) is 14.1. The molecule has 3 nitrogen and oxygen atoms in total. The summed E-state index contributed by atoms with van der Waals surface area (Å²) in [5.41, 5.74) is 3.85. The van der Waals surface area contributed by atoms with Gasteiger partial charge in [-0.1, -0.05) is 74.7 Å². The third-order valence-electron chi connectivity index (χ3n) is 5.13. The lowest BCUT2D eigenvalue weighted by Gasteiger charge is -2.14. The summed E-state index contributed by atoms with van der Waals surface area (Å²) in [4.78, 5) is 2.12. The Kier molecular flexibility index (Phi) is 10.5. The van der Waals surface area contributed by atoms with Crippen LogP contribution in [0.5, 0.6) is 5.75 Å². The van der Waals surface area contributed by atoms with Crippen LogP contribution in [0.15, 0.2) is 54.6 Å². The third kappa shape index (κ3) is 9.29. The standard InChI is InChI=1S/C20H25NO.C6H12O/c1-4-18(19-8-6-5-7-9-19)16-17-10-12-20(13-11-17)22-15-14-21(2)3;7-6-4-2-1-3-5-6/h5-13,16H,4,14-15H2,1-3H3;6-7H,1-5H2/b18-16-;. The molecule has 0 atom stereocenters. The highest BCUT2D eigenvalue weighted by Crippen LogP contribution is 2.22. The van der Waals surface area contributed by atoms with Gasteiger partial charge in [-0.15, -0.1) is 0 Å². The fraction of sp³-hybridized carbons (Fsp3) is 0.462. The van der Waals surface area contributed by atoms with E-state index in [1.807, 2.05) is 26.2 Å². The lowest BCUT2D eigenvalue weighted by molar-refractivity contribution is 0.130. The van der Waals surface area contributed by atoms with Crippen molar-refractivity contribution >= 4 is 11.6 Å². The van der Waals surface area contributed by atoms with Gasteiger partial charge in [0.15, 0.2) is 0 Å². The van der Waals surface area contributed by atoms with Crippen molar-refractivity contribution in [3.8, 4) is 5.75 Å². The van der Waals surface area contributed by atoms with Crippen LogP contribution in [0, 0.1) is 0 Å². The minimum Gasteiger partial charge on any atom is -0.492 e. The summed E-state index contributed by atoms with van der Waals surface area (Å²) in [5.74, 6) is 0.928. The van der Waals surface area contributed by atoms with E-state index in [2.05, 4.69) is 60.4 Å². The van der Waals surface area contributed by atoms with Gasteiger partial charge in [0.25, 0.3) is 0 Å². The number of aliphatic hydroxyl groups excluding tert-OH is 1. The first-order valence-electron chi connectivity index (χ1n) is 10.9. The predicted molar refractivity (Wildman–Crippen MR) is 124 cm³/mol. The molecule has 158 valence electrons. The topological polar surface area (TPSA) is 32.7 Å². The van der Waals surface area contributed by atoms with Gasteiger partial charge >= 0.3 is 0 Å². The number of likely N-dealkylation sites (N-methyl/N-ethyl adjacent to an activating group) is 1. The zero-order valence-corrected chi connectivity index (χ0v) is 18.3. The van der Waals surface area contributed by atoms with E-state index < -0.39 is 0 Å². The van der Waals surface area contributed by atoms with Crippen molar-refractivity contribution < 1.29 is 9.84 Å². The van der Waals surface area contributed by atoms with Gasteiger partial charge in [0.05, 0.1) is 6.10 Å². The molecule has 1 saturated carbocycles. The van der Waals surface area contributed by atoms with Crippen LogP contribution in [0.1, 0.15) is 56.6 Å². The molecule has 3 heteroatoms. The van der Waals surface area contributed by atoms with Crippen LogP contribution >= 0.6 is 0 Å². The summed E-state index contributed by atoms with van der Waals surface area (Å²) in [6.07, 6.45) is 9.19. The minimum atomic E-state index is 0.0359.